The van der Waals surface area contributed by atoms with E-state index in [-0.39, 0.29) is 25.0 Å². The van der Waals surface area contributed by atoms with Gasteiger partial charge in [0.05, 0.1) is 0 Å². The first-order chi connectivity index (χ1) is 13.1. The van der Waals surface area contributed by atoms with Crippen molar-refractivity contribution >= 4 is 29.0 Å². The van der Waals surface area contributed by atoms with Crippen LogP contribution >= 0.6 is 0 Å². The van der Waals surface area contributed by atoms with Crippen molar-refractivity contribution in [2.45, 2.75) is 26.2 Å². The maximum absolute atomic E-state index is 12.4. The molecule has 1 N–H and O–H groups in total. The Bertz CT molecular complexity index is 947. The molecule has 140 valence electrons. The molecule has 2 aromatic rings. The van der Waals surface area contributed by atoms with Gasteiger partial charge in [0.25, 0.3) is 5.91 Å². The van der Waals surface area contributed by atoms with Gasteiger partial charge in [0.2, 0.25) is 11.8 Å². The van der Waals surface area contributed by atoms with Crippen LogP contribution in [0.1, 0.15) is 26.2 Å². The number of aromatic nitrogens is 3. The first-order valence-corrected chi connectivity index (χ1v) is 8.89. The van der Waals surface area contributed by atoms with Gasteiger partial charge in [0, 0.05) is 23.5 Å². The molecule has 0 fully saturated rings. The Hall–Kier alpha value is -3.23. The van der Waals surface area contributed by atoms with Crippen molar-refractivity contribution in [3.05, 3.63) is 36.3 Å². The summed E-state index contributed by atoms with van der Waals surface area (Å²) in [5.74, 6) is 0.401. The van der Waals surface area contributed by atoms with Crippen molar-refractivity contribution in [2.24, 2.45) is 11.0 Å². The molecule has 0 aromatic carbocycles. The summed E-state index contributed by atoms with van der Waals surface area (Å²) >= 11 is 0. The highest BCUT2D eigenvalue weighted by Crippen LogP contribution is 2.25. The monoisotopic (exact) mass is 368 g/mol. The molecule has 4 rings (SSSR count). The van der Waals surface area contributed by atoms with Crippen molar-refractivity contribution in [2.75, 3.05) is 18.5 Å². The second kappa shape index (κ2) is 7.18. The van der Waals surface area contributed by atoms with Crippen LogP contribution in [0.2, 0.25) is 0 Å². The van der Waals surface area contributed by atoms with Crippen molar-refractivity contribution in [3.8, 4) is 0 Å². The van der Waals surface area contributed by atoms with Crippen molar-refractivity contribution < 1.29 is 14.3 Å². The highest BCUT2D eigenvalue weighted by molar-refractivity contribution is 6.00. The van der Waals surface area contributed by atoms with E-state index in [9.17, 15) is 9.59 Å². The molecule has 3 heterocycles. The highest BCUT2D eigenvalue weighted by atomic mass is 16.5. The van der Waals surface area contributed by atoms with Crippen molar-refractivity contribution in [1.82, 2.24) is 19.6 Å². The number of hydrogen-bond acceptors (Lipinski definition) is 6. The van der Waals surface area contributed by atoms with E-state index in [0.29, 0.717) is 23.2 Å². The topological polar surface area (TPSA) is 101 Å². The van der Waals surface area contributed by atoms with Gasteiger partial charge >= 0.3 is 0 Å². The van der Waals surface area contributed by atoms with E-state index in [1.165, 1.54) is 11.3 Å². The maximum atomic E-state index is 12.4. The largest absolute Gasteiger partial charge is 0.466 e. The summed E-state index contributed by atoms with van der Waals surface area (Å²) < 4.78 is 7.07. The number of hydrazone groups is 1. The van der Waals surface area contributed by atoms with E-state index in [1.807, 2.05) is 0 Å². The molecular formula is C18H20N6O3. The smallest absolute Gasteiger partial charge is 0.281 e. The van der Waals surface area contributed by atoms with E-state index < -0.39 is 0 Å². The summed E-state index contributed by atoms with van der Waals surface area (Å²) in [5, 5.41) is 12.2. The first-order valence-electron chi connectivity index (χ1n) is 8.89. The lowest BCUT2D eigenvalue weighted by Crippen LogP contribution is -2.41. The second-order valence-electron chi connectivity index (χ2n) is 6.78. The maximum Gasteiger partial charge on any atom is 0.281 e. The Morgan fingerprint density at radius 2 is 2.33 bits per heavy atom. The fourth-order valence-corrected chi connectivity index (χ4v) is 3.07. The Morgan fingerprint density at radius 1 is 1.44 bits per heavy atom. The number of rotatable bonds is 4. The molecule has 0 saturated carbocycles. The van der Waals surface area contributed by atoms with Gasteiger partial charge in [-0.15, -0.1) is 5.10 Å². The molecule has 1 aliphatic heterocycles. The molecule has 1 atom stereocenters. The Morgan fingerprint density at radius 3 is 3.15 bits per heavy atom. The number of hydrogen-bond donors (Lipinski definition) is 1. The number of amides is 2. The summed E-state index contributed by atoms with van der Waals surface area (Å²) in [6, 6.07) is 3.41. The van der Waals surface area contributed by atoms with Gasteiger partial charge in [-0.25, -0.2) is 14.5 Å². The van der Waals surface area contributed by atoms with E-state index in [0.717, 1.165) is 24.8 Å². The summed E-state index contributed by atoms with van der Waals surface area (Å²) in [6.07, 6.45) is 8.14. The van der Waals surface area contributed by atoms with Crippen molar-refractivity contribution in [3.63, 3.8) is 0 Å². The van der Waals surface area contributed by atoms with Crippen LogP contribution in [0.4, 0.5) is 5.69 Å². The number of ether oxygens (including phenoxy) is 1. The van der Waals surface area contributed by atoms with Gasteiger partial charge in [-0.2, -0.15) is 5.10 Å². The predicted octanol–water partition coefficient (Wildman–Crippen LogP) is 1.59. The number of pyridine rings is 1. The highest BCUT2D eigenvalue weighted by Gasteiger charge is 2.26. The molecule has 0 radical (unpaired) electrons. The van der Waals surface area contributed by atoms with Gasteiger partial charge in [-0.05, 0) is 31.2 Å². The van der Waals surface area contributed by atoms with E-state index in [4.69, 9.17) is 4.74 Å². The van der Waals surface area contributed by atoms with Crippen LogP contribution < -0.4 is 5.32 Å². The summed E-state index contributed by atoms with van der Waals surface area (Å²) in [4.78, 5) is 28.5. The second-order valence-corrected chi connectivity index (χ2v) is 6.78. The van der Waals surface area contributed by atoms with Gasteiger partial charge in [0.1, 0.15) is 12.9 Å². The average Bonchev–Trinajstić information content (AvgIpc) is 3.12. The zero-order valence-corrected chi connectivity index (χ0v) is 15.0. The van der Waals surface area contributed by atoms with E-state index in [2.05, 4.69) is 33.5 Å². The van der Waals surface area contributed by atoms with Crippen LogP contribution in [0.3, 0.4) is 0 Å². The fourth-order valence-electron chi connectivity index (χ4n) is 3.07. The molecule has 9 nitrogen and oxygen atoms in total. The SMILES string of the molecule is CC1CC=C(C2=NN(CC(=O)Nc3ccn4ncnc4c3)C(=O)CO2)CC1. The van der Waals surface area contributed by atoms with Gasteiger partial charge < -0.3 is 10.1 Å². The first kappa shape index (κ1) is 17.2. The van der Waals surface area contributed by atoms with E-state index in [1.54, 1.807) is 22.8 Å². The van der Waals surface area contributed by atoms with Crippen LogP contribution in [-0.4, -0.2) is 50.5 Å². The number of allylic oxidation sites excluding steroid dienone is 1. The average molecular weight is 368 g/mol. The number of anilines is 1. The van der Waals surface area contributed by atoms with Crippen LogP contribution in [0.25, 0.3) is 5.65 Å². The molecule has 2 aromatic heterocycles. The van der Waals surface area contributed by atoms with Gasteiger partial charge in [-0.1, -0.05) is 13.0 Å². The third-order valence-corrected chi connectivity index (χ3v) is 4.64. The molecule has 2 amide bonds. The molecule has 2 aliphatic rings. The molecular weight excluding hydrogens is 348 g/mol. The standard InChI is InChI=1S/C18H20N6O3/c1-12-2-4-13(5-3-12)18-22-24(17(26)10-27-18)9-16(25)21-14-6-7-23-15(8-14)19-11-20-23/h4,6-8,11-12H,2-3,5,9-10H2,1H3,(H,21,25). The van der Waals surface area contributed by atoms with E-state index >= 15 is 0 Å². The predicted molar refractivity (Wildman–Crippen MR) is 97.8 cm³/mol. The summed E-state index contributed by atoms with van der Waals surface area (Å²) in [5.41, 5.74) is 2.20. The van der Waals surface area contributed by atoms with Gasteiger partial charge in [0.15, 0.2) is 12.3 Å². The molecule has 1 unspecified atom stereocenters. The molecule has 27 heavy (non-hydrogen) atoms. The molecule has 0 saturated heterocycles. The van der Waals surface area contributed by atoms with Gasteiger partial charge in [-0.3, -0.25) is 9.59 Å². The lowest BCUT2D eigenvalue weighted by molar-refractivity contribution is -0.138. The Kier molecular flexibility index (Phi) is 4.57. The summed E-state index contributed by atoms with van der Waals surface area (Å²) in [7, 11) is 0. The Labute approximate surface area is 155 Å². The lowest BCUT2D eigenvalue weighted by atomic mass is 9.91. The minimum absolute atomic E-state index is 0.106. The fraction of sp³-hybridized carbons (Fsp3) is 0.389. The zero-order valence-electron chi connectivity index (χ0n) is 15.0. The summed E-state index contributed by atoms with van der Waals surface area (Å²) in [6.45, 7) is 1.92. The normalized spacial score (nSPS) is 20.1. The number of nitrogens with one attached hydrogen (secondary N) is 1. The Balaban J connectivity index is 1.44. The zero-order chi connectivity index (χ0) is 18.8. The van der Waals surface area contributed by atoms with Crippen LogP contribution in [-0.2, 0) is 14.3 Å². The minimum atomic E-state index is -0.344. The quantitative estimate of drug-likeness (QED) is 0.883. The molecule has 0 spiro atoms. The van der Waals surface area contributed by atoms with Crippen LogP contribution in [0, 0.1) is 5.92 Å². The third-order valence-electron chi connectivity index (χ3n) is 4.64. The number of carbonyl (C=O) groups excluding carboxylic acids is 2. The number of fused-ring (bicyclic) bond motifs is 1. The third kappa shape index (κ3) is 3.81. The lowest BCUT2D eigenvalue weighted by Gasteiger charge is -2.26. The van der Waals surface area contributed by atoms with Crippen LogP contribution in [0.15, 0.2) is 41.4 Å². The molecule has 9 heteroatoms. The number of nitrogens with zero attached hydrogens (tertiary/aromatic N) is 5. The van der Waals surface area contributed by atoms with Crippen molar-refractivity contribution in [1.29, 1.82) is 0 Å². The van der Waals surface area contributed by atoms with Crippen LogP contribution in [0.5, 0.6) is 0 Å². The molecule has 0 bridgehead atoms. The number of carbonyl (C=O) groups is 2. The minimum Gasteiger partial charge on any atom is -0.466 e. The molecule has 1 aliphatic carbocycles.